The molecule has 0 aliphatic rings. The molecule has 2 aromatic rings. The van der Waals surface area contributed by atoms with Crippen molar-refractivity contribution in [3.63, 3.8) is 0 Å². The van der Waals surface area contributed by atoms with Gasteiger partial charge in [-0.05, 0) is 55.5 Å². The molecule has 1 heterocycles. The predicted octanol–water partition coefficient (Wildman–Crippen LogP) is 3.74. The normalized spacial score (nSPS) is 12.9. The summed E-state index contributed by atoms with van der Waals surface area (Å²) in [6.07, 6.45) is 1.41. The van der Waals surface area contributed by atoms with Gasteiger partial charge < -0.3 is 5.11 Å². The molecular formula is C14H17Br2N3O. The van der Waals surface area contributed by atoms with Crippen molar-refractivity contribution >= 4 is 31.9 Å². The van der Waals surface area contributed by atoms with Crippen LogP contribution in [-0.2, 0) is 13.0 Å². The molecule has 0 radical (unpaired) electrons. The summed E-state index contributed by atoms with van der Waals surface area (Å²) in [7, 11) is 0. The molecule has 0 saturated heterocycles. The lowest BCUT2D eigenvalue weighted by Crippen LogP contribution is -2.13. The van der Waals surface area contributed by atoms with E-state index in [2.05, 4.69) is 55.8 Å². The average Bonchev–Trinajstić information content (AvgIpc) is 2.79. The van der Waals surface area contributed by atoms with E-state index in [0.717, 1.165) is 26.9 Å². The van der Waals surface area contributed by atoms with E-state index in [1.54, 1.807) is 6.33 Å². The average molecular weight is 403 g/mol. The second-order valence-electron chi connectivity index (χ2n) is 5.15. The summed E-state index contributed by atoms with van der Waals surface area (Å²) < 4.78 is 3.76. The number of hydrogen-bond donors (Lipinski definition) is 1. The van der Waals surface area contributed by atoms with Gasteiger partial charge in [0.1, 0.15) is 12.2 Å². The summed E-state index contributed by atoms with van der Waals surface area (Å²) in [6.45, 7) is 5.08. The topological polar surface area (TPSA) is 50.9 Å². The van der Waals surface area contributed by atoms with Gasteiger partial charge in [-0.1, -0.05) is 19.9 Å². The second-order valence-corrected chi connectivity index (χ2v) is 6.85. The van der Waals surface area contributed by atoms with Crippen LogP contribution in [0.5, 0.6) is 0 Å². The van der Waals surface area contributed by atoms with E-state index in [9.17, 15) is 5.11 Å². The Bertz CT molecular complexity index is 584. The highest BCUT2D eigenvalue weighted by molar-refractivity contribution is 9.13. The second kappa shape index (κ2) is 6.83. The van der Waals surface area contributed by atoms with E-state index in [1.807, 2.05) is 22.9 Å². The molecule has 0 aliphatic carbocycles. The number of benzene rings is 1. The first-order valence-corrected chi connectivity index (χ1v) is 8.05. The molecule has 6 heteroatoms. The molecule has 2 rings (SSSR count). The van der Waals surface area contributed by atoms with Crippen molar-refractivity contribution in [1.29, 1.82) is 0 Å². The van der Waals surface area contributed by atoms with Crippen LogP contribution in [0.2, 0.25) is 0 Å². The number of aliphatic hydroxyl groups excluding tert-OH is 1. The minimum Gasteiger partial charge on any atom is -0.388 e. The molecule has 0 fully saturated rings. The van der Waals surface area contributed by atoms with Gasteiger partial charge >= 0.3 is 0 Å². The van der Waals surface area contributed by atoms with E-state index in [1.165, 1.54) is 0 Å². The van der Waals surface area contributed by atoms with Crippen LogP contribution in [0, 0.1) is 5.92 Å². The van der Waals surface area contributed by atoms with Gasteiger partial charge in [-0.25, -0.2) is 9.67 Å². The molecule has 4 nitrogen and oxygen atoms in total. The van der Waals surface area contributed by atoms with E-state index in [-0.39, 0.29) is 0 Å². The summed E-state index contributed by atoms with van der Waals surface area (Å²) in [5, 5.41) is 14.6. The first-order valence-electron chi connectivity index (χ1n) is 6.47. The molecule has 0 amide bonds. The highest BCUT2D eigenvalue weighted by atomic mass is 79.9. The van der Waals surface area contributed by atoms with Crippen LogP contribution in [-0.4, -0.2) is 19.9 Å². The zero-order valence-electron chi connectivity index (χ0n) is 11.4. The summed E-state index contributed by atoms with van der Waals surface area (Å²) >= 11 is 6.87. The zero-order chi connectivity index (χ0) is 14.7. The Labute approximate surface area is 135 Å². The van der Waals surface area contributed by atoms with Gasteiger partial charge in [0.15, 0.2) is 0 Å². The summed E-state index contributed by atoms with van der Waals surface area (Å²) in [6, 6.07) is 5.74. The zero-order valence-corrected chi connectivity index (χ0v) is 14.6. The van der Waals surface area contributed by atoms with Gasteiger partial charge in [0.05, 0.1) is 6.10 Å². The lowest BCUT2D eigenvalue weighted by molar-refractivity contribution is 0.173. The Kier molecular flexibility index (Phi) is 5.35. The van der Waals surface area contributed by atoms with Crippen LogP contribution in [0.15, 0.2) is 33.5 Å². The van der Waals surface area contributed by atoms with Gasteiger partial charge in [-0.2, -0.15) is 5.10 Å². The fourth-order valence-electron chi connectivity index (χ4n) is 1.95. The Morgan fingerprint density at radius 1 is 1.25 bits per heavy atom. The molecule has 0 aliphatic heterocycles. The first kappa shape index (κ1) is 15.7. The smallest absolute Gasteiger partial charge is 0.138 e. The molecule has 0 bridgehead atoms. The fourth-order valence-corrected chi connectivity index (χ4v) is 2.60. The number of aliphatic hydroxyl groups is 1. The maximum Gasteiger partial charge on any atom is 0.138 e. The Morgan fingerprint density at radius 3 is 2.65 bits per heavy atom. The highest BCUT2D eigenvalue weighted by Crippen LogP contribution is 2.27. The number of nitrogens with zero attached hydrogens (tertiary/aromatic N) is 3. The minimum atomic E-state index is -0.588. The first-order chi connectivity index (χ1) is 9.47. The van der Waals surface area contributed by atoms with Crippen molar-refractivity contribution in [3.05, 3.63) is 44.9 Å². The molecule has 1 atom stereocenters. The third-order valence-corrected chi connectivity index (χ3v) is 4.82. The Morgan fingerprint density at radius 2 is 2.00 bits per heavy atom. The van der Waals surface area contributed by atoms with Crippen LogP contribution < -0.4 is 0 Å². The van der Waals surface area contributed by atoms with Crippen LogP contribution in [0.3, 0.4) is 0 Å². The molecule has 0 saturated carbocycles. The van der Waals surface area contributed by atoms with Crippen molar-refractivity contribution in [1.82, 2.24) is 14.8 Å². The third-order valence-electron chi connectivity index (χ3n) is 2.94. The summed E-state index contributed by atoms with van der Waals surface area (Å²) in [5.41, 5.74) is 0.860. The molecule has 1 N–H and O–H groups in total. The van der Waals surface area contributed by atoms with Crippen LogP contribution in [0.1, 0.15) is 31.3 Å². The van der Waals surface area contributed by atoms with E-state index in [4.69, 9.17) is 0 Å². The molecule has 1 unspecified atom stereocenters. The SMILES string of the molecule is CC(C)Cn1ncnc1CC(O)c1ccc(Br)c(Br)c1. The Balaban J connectivity index is 2.13. The van der Waals surface area contributed by atoms with Crippen molar-refractivity contribution in [2.45, 2.75) is 32.9 Å². The van der Waals surface area contributed by atoms with Gasteiger partial charge in [0.25, 0.3) is 0 Å². The van der Waals surface area contributed by atoms with Crippen molar-refractivity contribution in [2.75, 3.05) is 0 Å². The van der Waals surface area contributed by atoms with Gasteiger partial charge in [-0.3, -0.25) is 0 Å². The maximum absolute atomic E-state index is 10.3. The monoisotopic (exact) mass is 401 g/mol. The van der Waals surface area contributed by atoms with Gasteiger partial charge in [0, 0.05) is 21.9 Å². The molecule has 0 spiro atoms. The lowest BCUT2D eigenvalue weighted by atomic mass is 10.1. The summed E-state index contributed by atoms with van der Waals surface area (Å²) in [4.78, 5) is 4.25. The van der Waals surface area contributed by atoms with Gasteiger partial charge in [-0.15, -0.1) is 0 Å². The van der Waals surface area contributed by atoms with Crippen LogP contribution in [0.25, 0.3) is 0 Å². The number of aromatic nitrogens is 3. The largest absolute Gasteiger partial charge is 0.388 e. The molecule has 20 heavy (non-hydrogen) atoms. The van der Waals surface area contributed by atoms with Crippen molar-refractivity contribution in [3.8, 4) is 0 Å². The van der Waals surface area contributed by atoms with E-state index >= 15 is 0 Å². The minimum absolute atomic E-state index is 0.459. The van der Waals surface area contributed by atoms with E-state index in [0.29, 0.717) is 12.3 Å². The quantitative estimate of drug-likeness (QED) is 0.828. The molecule has 1 aromatic heterocycles. The lowest BCUT2D eigenvalue weighted by Gasteiger charge is -2.13. The molecule has 108 valence electrons. The van der Waals surface area contributed by atoms with Crippen LogP contribution >= 0.6 is 31.9 Å². The standard InChI is InChI=1S/C14H17Br2N3O/c1-9(2)7-19-14(17-8-18-19)6-13(20)10-3-4-11(15)12(16)5-10/h3-5,8-9,13,20H,6-7H2,1-2H3. The number of rotatable bonds is 5. The van der Waals surface area contributed by atoms with E-state index < -0.39 is 6.10 Å². The number of halogens is 2. The maximum atomic E-state index is 10.3. The summed E-state index contributed by atoms with van der Waals surface area (Å²) in [5.74, 6) is 1.31. The molecular weight excluding hydrogens is 386 g/mol. The van der Waals surface area contributed by atoms with Crippen molar-refractivity contribution < 1.29 is 5.11 Å². The highest BCUT2D eigenvalue weighted by Gasteiger charge is 2.14. The molecule has 1 aromatic carbocycles. The fraction of sp³-hybridized carbons (Fsp3) is 0.429. The Hall–Kier alpha value is -0.720. The predicted molar refractivity (Wildman–Crippen MR) is 85.4 cm³/mol. The number of hydrogen-bond acceptors (Lipinski definition) is 3. The van der Waals surface area contributed by atoms with Gasteiger partial charge in [0.2, 0.25) is 0 Å². The third kappa shape index (κ3) is 3.90. The van der Waals surface area contributed by atoms with Crippen LogP contribution in [0.4, 0.5) is 0 Å². The van der Waals surface area contributed by atoms with Crippen molar-refractivity contribution in [2.24, 2.45) is 5.92 Å².